The van der Waals surface area contributed by atoms with E-state index in [0.717, 1.165) is 18.4 Å². The molecule has 19 heavy (non-hydrogen) atoms. The highest BCUT2D eigenvalue weighted by atomic mass is 16.5. The third-order valence-electron chi connectivity index (χ3n) is 3.89. The summed E-state index contributed by atoms with van der Waals surface area (Å²) in [4.78, 5) is 12.3. The van der Waals surface area contributed by atoms with E-state index in [2.05, 4.69) is 19.2 Å². The van der Waals surface area contributed by atoms with Crippen LogP contribution >= 0.6 is 0 Å². The lowest BCUT2D eigenvalue weighted by Gasteiger charge is -2.21. The van der Waals surface area contributed by atoms with Crippen molar-refractivity contribution < 1.29 is 9.53 Å². The molecule has 0 bridgehead atoms. The fourth-order valence-corrected chi connectivity index (χ4v) is 2.86. The van der Waals surface area contributed by atoms with Crippen LogP contribution in [0.25, 0.3) is 0 Å². The van der Waals surface area contributed by atoms with Crippen molar-refractivity contribution in [2.24, 2.45) is 5.41 Å². The number of hydrogen-bond donors (Lipinski definition) is 1. The molecule has 0 saturated heterocycles. The van der Waals surface area contributed by atoms with E-state index in [0.29, 0.717) is 5.41 Å². The Bertz CT molecular complexity index is 428. The first-order chi connectivity index (χ1) is 9.02. The second-order valence-corrected chi connectivity index (χ2v) is 6.14. The minimum atomic E-state index is -0.509. The van der Waals surface area contributed by atoms with Crippen molar-refractivity contribution in [1.29, 1.82) is 0 Å². The number of methoxy groups -OCH3 is 1. The summed E-state index contributed by atoms with van der Waals surface area (Å²) in [7, 11) is 1.58. The van der Waals surface area contributed by atoms with Crippen LogP contribution in [0.4, 0.5) is 0 Å². The summed E-state index contributed by atoms with van der Waals surface area (Å²) in [6.45, 7) is 4.51. The lowest BCUT2D eigenvalue weighted by molar-refractivity contribution is -0.132. The molecule has 1 aliphatic carbocycles. The van der Waals surface area contributed by atoms with E-state index >= 15 is 0 Å². The Morgan fingerprint density at radius 2 is 2.05 bits per heavy atom. The van der Waals surface area contributed by atoms with Crippen LogP contribution in [0.1, 0.15) is 44.8 Å². The van der Waals surface area contributed by atoms with Gasteiger partial charge in [-0.2, -0.15) is 0 Å². The molecule has 1 aromatic carbocycles. The maximum atomic E-state index is 12.3. The third-order valence-corrected chi connectivity index (χ3v) is 3.89. The molecule has 3 heteroatoms. The van der Waals surface area contributed by atoms with Gasteiger partial charge in [0.25, 0.3) is 5.91 Å². The Hall–Kier alpha value is -1.35. The Labute approximate surface area is 115 Å². The molecular weight excluding hydrogens is 238 g/mol. The van der Waals surface area contributed by atoms with Gasteiger partial charge >= 0.3 is 0 Å². The number of benzene rings is 1. The Morgan fingerprint density at radius 1 is 1.37 bits per heavy atom. The fourth-order valence-electron chi connectivity index (χ4n) is 2.86. The van der Waals surface area contributed by atoms with Gasteiger partial charge in [0, 0.05) is 13.2 Å². The normalized spacial score (nSPS) is 23.0. The molecule has 1 saturated carbocycles. The molecule has 0 spiro atoms. The molecule has 2 unspecified atom stereocenters. The van der Waals surface area contributed by atoms with Crippen LogP contribution in [0.5, 0.6) is 0 Å². The monoisotopic (exact) mass is 261 g/mol. The number of ether oxygens (including phenoxy) is 1. The van der Waals surface area contributed by atoms with Crippen molar-refractivity contribution in [2.45, 2.75) is 45.3 Å². The van der Waals surface area contributed by atoms with Crippen molar-refractivity contribution in [3.05, 3.63) is 35.9 Å². The van der Waals surface area contributed by atoms with Crippen molar-refractivity contribution in [3.8, 4) is 0 Å². The van der Waals surface area contributed by atoms with E-state index in [1.165, 1.54) is 6.42 Å². The quantitative estimate of drug-likeness (QED) is 0.904. The summed E-state index contributed by atoms with van der Waals surface area (Å²) in [6.07, 6.45) is 2.76. The molecule has 0 aromatic heterocycles. The zero-order valence-electron chi connectivity index (χ0n) is 12.0. The molecule has 1 N–H and O–H groups in total. The number of carbonyl (C=O) groups is 1. The molecule has 0 heterocycles. The minimum Gasteiger partial charge on any atom is -0.367 e. The van der Waals surface area contributed by atoms with Gasteiger partial charge in [0.2, 0.25) is 0 Å². The molecule has 1 aliphatic rings. The number of amides is 1. The average molecular weight is 261 g/mol. The van der Waals surface area contributed by atoms with Crippen LogP contribution in [0.3, 0.4) is 0 Å². The molecule has 1 aromatic rings. The van der Waals surface area contributed by atoms with Crippen LogP contribution in [0, 0.1) is 5.41 Å². The van der Waals surface area contributed by atoms with Crippen LogP contribution in [0.15, 0.2) is 30.3 Å². The standard InChI is InChI=1S/C16H23NO2/c1-16(2)10-9-13(11-16)17-15(18)14(19-3)12-7-5-4-6-8-12/h4-8,13-14H,9-11H2,1-3H3,(H,17,18). The first kappa shape index (κ1) is 14.1. The van der Waals surface area contributed by atoms with Crippen molar-refractivity contribution >= 4 is 5.91 Å². The highest BCUT2D eigenvalue weighted by molar-refractivity contribution is 5.82. The maximum absolute atomic E-state index is 12.3. The summed E-state index contributed by atoms with van der Waals surface area (Å²) in [5.74, 6) is -0.0311. The number of nitrogens with one attached hydrogen (secondary N) is 1. The lowest BCUT2D eigenvalue weighted by atomic mass is 9.92. The zero-order chi connectivity index (χ0) is 13.9. The van der Waals surface area contributed by atoms with Crippen LogP contribution in [-0.4, -0.2) is 19.1 Å². The fraction of sp³-hybridized carbons (Fsp3) is 0.562. The topological polar surface area (TPSA) is 38.3 Å². The molecule has 0 aliphatic heterocycles. The van der Waals surface area contributed by atoms with Gasteiger partial charge in [-0.05, 0) is 30.2 Å². The molecule has 1 fully saturated rings. The van der Waals surface area contributed by atoms with Crippen LogP contribution in [-0.2, 0) is 9.53 Å². The molecule has 2 atom stereocenters. The van der Waals surface area contributed by atoms with Crippen molar-refractivity contribution in [2.75, 3.05) is 7.11 Å². The highest BCUT2D eigenvalue weighted by Gasteiger charge is 2.33. The van der Waals surface area contributed by atoms with E-state index in [1.807, 2.05) is 30.3 Å². The lowest BCUT2D eigenvalue weighted by Crippen LogP contribution is -2.37. The number of hydrogen-bond acceptors (Lipinski definition) is 2. The molecule has 104 valence electrons. The first-order valence-corrected chi connectivity index (χ1v) is 6.90. The molecule has 0 radical (unpaired) electrons. The van der Waals surface area contributed by atoms with Gasteiger partial charge in [-0.1, -0.05) is 44.2 Å². The van der Waals surface area contributed by atoms with Gasteiger partial charge in [-0.15, -0.1) is 0 Å². The summed E-state index contributed by atoms with van der Waals surface area (Å²) >= 11 is 0. The summed E-state index contributed by atoms with van der Waals surface area (Å²) in [5.41, 5.74) is 1.24. The Morgan fingerprint density at radius 3 is 2.58 bits per heavy atom. The second-order valence-electron chi connectivity index (χ2n) is 6.14. The van der Waals surface area contributed by atoms with E-state index in [-0.39, 0.29) is 11.9 Å². The second kappa shape index (κ2) is 5.74. The minimum absolute atomic E-state index is 0.0311. The average Bonchev–Trinajstić information content (AvgIpc) is 2.71. The predicted octanol–water partition coefficient (Wildman–Crippen LogP) is 3.07. The number of rotatable bonds is 4. The SMILES string of the molecule is COC(C(=O)NC1CCC(C)(C)C1)c1ccccc1. The van der Waals surface area contributed by atoms with Crippen LogP contribution in [0.2, 0.25) is 0 Å². The van der Waals surface area contributed by atoms with E-state index in [9.17, 15) is 4.79 Å². The maximum Gasteiger partial charge on any atom is 0.253 e. The highest BCUT2D eigenvalue weighted by Crippen LogP contribution is 2.37. The van der Waals surface area contributed by atoms with Gasteiger partial charge in [0.1, 0.15) is 0 Å². The van der Waals surface area contributed by atoms with Crippen molar-refractivity contribution in [3.63, 3.8) is 0 Å². The van der Waals surface area contributed by atoms with Gasteiger partial charge in [-0.25, -0.2) is 0 Å². The Balaban J connectivity index is 1.99. The van der Waals surface area contributed by atoms with Crippen molar-refractivity contribution in [1.82, 2.24) is 5.32 Å². The van der Waals surface area contributed by atoms with Gasteiger partial charge in [0.05, 0.1) is 0 Å². The summed E-state index contributed by atoms with van der Waals surface area (Å²) < 4.78 is 5.35. The summed E-state index contributed by atoms with van der Waals surface area (Å²) in [5, 5.41) is 3.12. The third kappa shape index (κ3) is 3.57. The summed E-state index contributed by atoms with van der Waals surface area (Å²) in [6, 6.07) is 9.91. The molecular formula is C16H23NO2. The smallest absolute Gasteiger partial charge is 0.253 e. The van der Waals surface area contributed by atoms with E-state index < -0.39 is 6.10 Å². The van der Waals surface area contributed by atoms with Gasteiger partial charge in [-0.3, -0.25) is 4.79 Å². The van der Waals surface area contributed by atoms with Gasteiger partial charge in [0.15, 0.2) is 6.10 Å². The molecule has 3 nitrogen and oxygen atoms in total. The van der Waals surface area contributed by atoms with Gasteiger partial charge < -0.3 is 10.1 Å². The zero-order valence-corrected chi connectivity index (χ0v) is 12.0. The Kier molecular flexibility index (Phi) is 4.25. The largest absolute Gasteiger partial charge is 0.367 e. The molecule has 2 rings (SSSR count). The predicted molar refractivity (Wildman–Crippen MR) is 75.8 cm³/mol. The van der Waals surface area contributed by atoms with E-state index in [4.69, 9.17) is 4.74 Å². The van der Waals surface area contributed by atoms with E-state index in [1.54, 1.807) is 7.11 Å². The van der Waals surface area contributed by atoms with Crippen LogP contribution < -0.4 is 5.32 Å². The molecule has 1 amide bonds. The number of carbonyl (C=O) groups excluding carboxylic acids is 1. The first-order valence-electron chi connectivity index (χ1n) is 6.90.